The Morgan fingerprint density at radius 1 is 1.33 bits per heavy atom. The highest BCUT2D eigenvalue weighted by atomic mass is 16.1. The highest BCUT2D eigenvalue weighted by Crippen LogP contribution is 2.34. The van der Waals surface area contributed by atoms with E-state index in [-0.39, 0.29) is 5.91 Å². The van der Waals surface area contributed by atoms with Crippen LogP contribution >= 0.6 is 0 Å². The third-order valence-electron chi connectivity index (χ3n) is 3.24. The van der Waals surface area contributed by atoms with Crippen molar-refractivity contribution in [2.75, 3.05) is 13.1 Å². The zero-order chi connectivity index (χ0) is 11.3. The zero-order valence-electron chi connectivity index (χ0n) is 10.2. The van der Waals surface area contributed by atoms with Crippen molar-refractivity contribution in [2.45, 2.75) is 52.5 Å². The molecule has 0 aliphatic heterocycles. The van der Waals surface area contributed by atoms with Crippen LogP contribution in [0.4, 0.5) is 0 Å². The number of carbonyl (C=O) groups excluding carboxylic acids is 1. The van der Waals surface area contributed by atoms with Crippen molar-refractivity contribution in [3.8, 4) is 0 Å². The highest BCUT2D eigenvalue weighted by molar-refractivity contribution is 5.78. The van der Waals surface area contributed by atoms with E-state index in [1.165, 1.54) is 12.8 Å². The summed E-state index contributed by atoms with van der Waals surface area (Å²) >= 11 is 0. The van der Waals surface area contributed by atoms with E-state index in [0.29, 0.717) is 18.0 Å². The van der Waals surface area contributed by atoms with Crippen LogP contribution in [0.3, 0.4) is 0 Å². The fourth-order valence-electron chi connectivity index (χ4n) is 2.06. The summed E-state index contributed by atoms with van der Waals surface area (Å²) in [5.41, 5.74) is 0.475. The molecule has 0 unspecified atom stereocenters. The first kappa shape index (κ1) is 12.5. The van der Waals surface area contributed by atoms with Crippen LogP contribution in [0.2, 0.25) is 0 Å². The van der Waals surface area contributed by atoms with E-state index < -0.39 is 0 Å². The summed E-state index contributed by atoms with van der Waals surface area (Å²) in [5, 5.41) is 6.13. The quantitative estimate of drug-likeness (QED) is 0.744. The van der Waals surface area contributed by atoms with Gasteiger partial charge in [0.05, 0.1) is 6.54 Å². The van der Waals surface area contributed by atoms with Crippen LogP contribution < -0.4 is 10.6 Å². The van der Waals surface area contributed by atoms with E-state index in [1.54, 1.807) is 0 Å². The number of carbonyl (C=O) groups is 1. The Morgan fingerprint density at radius 3 is 2.47 bits per heavy atom. The Hall–Kier alpha value is -0.570. The average Bonchev–Trinajstić information content (AvgIpc) is 2.18. The van der Waals surface area contributed by atoms with E-state index in [0.717, 1.165) is 19.4 Å². The van der Waals surface area contributed by atoms with Crippen LogP contribution in [-0.4, -0.2) is 25.0 Å². The third-order valence-corrected chi connectivity index (χ3v) is 3.24. The molecule has 15 heavy (non-hydrogen) atoms. The normalized spacial score (nSPS) is 21.3. The monoisotopic (exact) mass is 212 g/mol. The molecule has 0 saturated heterocycles. The van der Waals surface area contributed by atoms with Crippen molar-refractivity contribution >= 4 is 5.91 Å². The zero-order valence-corrected chi connectivity index (χ0v) is 10.2. The Labute approximate surface area is 93.0 Å². The van der Waals surface area contributed by atoms with Crippen LogP contribution in [0.1, 0.15) is 46.5 Å². The van der Waals surface area contributed by atoms with E-state index in [2.05, 4.69) is 24.5 Å². The molecule has 88 valence electrons. The minimum atomic E-state index is 0.140. The van der Waals surface area contributed by atoms with Gasteiger partial charge in [0, 0.05) is 6.04 Å². The van der Waals surface area contributed by atoms with Crippen LogP contribution in [0.5, 0.6) is 0 Å². The molecule has 0 atom stereocenters. The second-order valence-corrected chi connectivity index (χ2v) is 5.29. The largest absolute Gasteiger partial charge is 0.352 e. The topological polar surface area (TPSA) is 41.1 Å². The molecule has 0 radical (unpaired) electrons. The van der Waals surface area contributed by atoms with Crippen LogP contribution in [-0.2, 0) is 4.79 Å². The van der Waals surface area contributed by atoms with Crippen LogP contribution in [0.15, 0.2) is 0 Å². The summed E-state index contributed by atoms with van der Waals surface area (Å²) in [6, 6.07) is 0.407. The molecule has 1 fully saturated rings. The van der Waals surface area contributed by atoms with Crippen molar-refractivity contribution in [3.05, 3.63) is 0 Å². The van der Waals surface area contributed by atoms with Gasteiger partial charge < -0.3 is 10.6 Å². The van der Waals surface area contributed by atoms with Crippen LogP contribution in [0, 0.1) is 5.41 Å². The molecule has 0 aromatic rings. The molecule has 1 amide bonds. The van der Waals surface area contributed by atoms with Crippen molar-refractivity contribution in [3.63, 3.8) is 0 Å². The smallest absolute Gasteiger partial charge is 0.234 e. The summed E-state index contributed by atoms with van der Waals surface area (Å²) in [6.45, 7) is 7.94. The summed E-state index contributed by atoms with van der Waals surface area (Å²) in [6.07, 6.45) is 4.70. The van der Waals surface area contributed by atoms with Gasteiger partial charge in [-0.2, -0.15) is 0 Å². The molecule has 3 nitrogen and oxygen atoms in total. The third kappa shape index (κ3) is 4.65. The molecular formula is C12H24N2O. The van der Waals surface area contributed by atoms with Crippen molar-refractivity contribution < 1.29 is 4.79 Å². The van der Waals surface area contributed by atoms with Gasteiger partial charge in [-0.15, -0.1) is 0 Å². The molecule has 1 aliphatic rings. The van der Waals surface area contributed by atoms with E-state index in [1.807, 2.05) is 6.92 Å². The van der Waals surface area contributed by atoms with Gasteiger partial charge in [-0.3, -0.25) is 4.79 Å². The predicted octanol–water partition coefficient (Wildman–Crippen LogP) is 1.68. The minimum absolute atomic E-state index is 0.140. The van der Waals surface area contributed by atoms with Crippen molar-refractivity contribution in [2.24, 2.45) is 5.41 Å². The highest BCUT2D eigenvalue weighted by Gasteiger charge is 2.27. The van der Waals surface area contributed by atoms with Gasteiger partial charge in [0.15, 0.2) is 0 Å². The molecule has 0 spiro atoms. The standard InChI is InChI=1S/C12H24N2O/c1-4-13-9-11(15)14-10-5-7-12(2,3)8-6-10/h10,13H,4-9H2,1-3H3,(H,14,15). The lowest BCUT2D eigenvalue weighted by Crippen LogP contribution is -2.43. The lowest BCUT2D eigenvalue weighted by atomic mass is 9.75. The number of rotatable bonds is 4. The van der Waals surface area contributed by atoms with Gasteiger partial charge in [-0.05, 0) is 37.6 Å². The van der Waals surface area contributed by atoms with Crippen LogP contribution in [0.25, 0.3) is 0 Å². The Balaban J connectivity index is 2.21. The van der Waals surface area contributed by atoms with Gasteiger partial charge in [0.2, 0.25) is 5.91 Å². The molecule has 0 bridgehead atoms. The first-order valence-electron chi connectivity index (χ1n) is 6.03. The van der Waals surface area contributed by atoms with Crippen molar-refractivity contribution in [1.82, 2.24) is 10.6 Å². The second kappa shape index (κ2) is 5.50. The molecule has 1 saturated carbocycles. The number of hydrogen-bond acceptors (Lipinski definition) is 2. The lowest BCUT2D eigenvalue weighted by Gasteiger charge is -2.34. The first-order valence-corrected chi connectivity index (χ1v) is 6.03. The van der Waals surface area contributed by atoms with Gasteiger partial charge >= 0.3 is 0 Å². The molecule has 0 heterocycles. The fourth-order valence-corrected chi connectivity index (χ4v) is 2.06. The Kier molecular flexibility index (Phi) is 4.58. The van der Waals surface area contributed by atoms with E-state index in [4.69, 9.17) is 0 Å². The SMILES string of the molecule is CCNCC(=O)NC1CCC(C)(C)CC1. The Bertz CT molecular complexity index is 204. The minimum Gasteiger partial charge on any atom is -0.352 e. The van der Waals surface area contributed by atoms with Gasteiger partial charge in [-0.25, -0.2) is 0 Å². The molecule has 0 aromatic heterocycles. The average molecular weight is 212 g/mol. The summed E-state index contributed by atoms with van der Waals surface area (Å²) < 4.78 is 0. The molecule has 3 heteroatoms. The number of hydrogen-bond donors (Lipinski definition) is 2. The van der Waals surface area contributed by atoms with E-state index in [9.17, 15) is 4.79 Å². The van der Waals surface area contributed by atoms with Crippen molar-refractivity contribution in [1.29, 1.82) is 0 Å². The summed E-state index contributed by atoms with van der Waals surface area (Å²) in [5.74, 6) is 0.140. The Morgan fingerprint density at radius 2 is 1.93 bits per heavy atom. The van der Waals surface area contributed by atoms with Gasteiger partial charge in [0.1, 0.15) is 0 Å². The second-order valence-electron chi connectivity index (χ2n) is 5.29. The van der Waals surface area contributed by atoms with Gasteiger partial charge in [0.25, 0.3) is 0 Å². The maximum absolute atomic E-state index is 11.5. The molecular weight excluding hydrogens is 188 g/mol. The predicted molar refractivity (Wildman–Crippen MR) is 62.7 cm³/mol. The first-order chi connectivity index (χ1) is 7.03. The molecule has 1 aliphatic carbocycles. The maximum Gasteiger partial charge on any atom is 0.234 e. The number of likely N-dealkylation sites (N-methyl/N-ethyl adjacent to an activating group) is 1. The summed E-state index contributed by atoms with van der Waals surface area (Å²) in [4.78, 5) is 11.5. The maximum atomic E-state index is 11.5. The van der Waals surface area contributed by atoms with E-state index >= 15 is 0 Å². The molecule has 0 aromatic carbocycles. The number of amides is 1. The number of nitrogens with one attached hydrogen (secondary N) is 2. The summed E-state index contributed by atoms with van der Waals surface area (Å²) in [7, 11) is 0. The molecule has 2 N–H and O–H groups in total. The fraction of sp³-hybridized carbons (Fsp3) is 0.917. The van der Waals surface area contributed by atoms with Gasteiger partial charge in [-0.1, -0.05) is 20.8 Å². The molecule has 1 rings (SSSR count). The lowest BCUT2D eigenvalue weighted by molar-refractivity contribution is -0.121.